The van der Waals surface area contributed by atoms with E-state index in [4.69, 9.17) is 14.2 Å². The Balaban J connectivity index is 1.48. The molecule has 0 atom stereocenters. The average molecular weight is 377 g/mol. The highest BCUT2D eigenvalue weighted by molar-refractivity contribution is 5.92. The molecule has 0 saturated heterocycles. The highest BCUT2D eigenvalue weighted by Gasteiger charge is 2.08. The number of carbonyl (C=O) groups is 1. The van der Waals surface area contributed by atoms with Crippen molar-refractivity contribution in [2.24, 2.45) is 0 Å². The second-order valence-corrected chi connectivity index (χ2v) is 6.10. The molecule has 0 aromatic heterocycles. The molecule has 28 heavy (non-hydrogen) atoms. The molecule has 0 aliphatic carbocycles. The van der Waals surface area contributed by atoms with Gasteiger partial charge in [-0.1, -0.05) is 48.5 Å². The van der Waals surface area contributed by atoms with Crippen LogP contribution < -0.4 is 19.5 Å². The van der Waals surface area contributed by atoms with E-state index in [0.717, 1.165) is 6.42 Å². The van der Waals surface area contributed by atoms with Gasteiger partial charge in [-0.3, -0.25) is 4.79 Å². The number of hydrogen-bond acceptors (Lipinski definition) is 4. The Morgan fingerprint density at radius 1 is 0.857 bits per heavy atom. The topological polar surface area (TPSA) is 56.8 Å². The SMILES string of the molecule is COc1ccccc1OCC(=O)Nc1cccc(OCCc2ccccc2)c1. The van der Waals surface area contributed by atoms with Crippen molar-refractivity contribution in [2.75, 3.05) is 25.6 Å². The van der Waals surface area contributed by atoms with Gasteiger partial charge in [0, 0.05) is 18.2 Å². The van der Waals surface area contributed by atoms with E-state index in [1.165, 1.54) is 5.56 Å². The number of nitrogens with one attached hydrogen (secondary N) is 1. The molecule has 5 heteroatoms. The van der Waals surface area contributed by atoms with E-state index in [-0.39, 0.29) is 12.5 Å². The fourth-order valence-electron chi connectivity index (χ4n) is 2.67. The predicted molar refractivity (Wildman–Crippen MR) is 109 cm³/mol. The van der Waals surface area contributed by atoms with Crippen molar-refractivity contribution >= 4 is 11.6 Å². The van der Waals surface area contributed by atoms with Crippen molar-refractivity contribution in [1.82, 2.24) is 0 Å². The molecular formula is C23H23NO4. The summed E-state index contributed by atoms with van der Waals surface area (Å²) in [6.07, 6.45) is 0.824. The van der Waals surface area contributed by atoms with Gasteiger partial charge < -0.3 is 19.5 Å². The number of ether oxygens (including phenoxy) is 3. The summed E-state index contributed by atoms with van der Waals surface area (Å²) >= 11 is 0. The Bertz CT molecular complexity index is 896. The minimum Gasteiger partial charge on any atom is -0.493 e. The lowest BCUT2D eigenvalue weighted by molar-refractivity contribution is -0.118. The second kappa shape index (κ2) is 10.0. The van der Waals surface area contributed by atoms with Crippen LogP contribution in [0.2, 0.25) is 0 Å². The number of hydrogen-bond donors (Lipinski definition) is 1. The second-order valence-electron chi connectivity index (χ2n) is 6.10. The van der Waals surface area contributed by atoms with Crippen LogP contribution in [0.1, 0.15) is 5.56 Å². The van der Waals surface area contributed by atoms with Crippen molar-refractivity contribution in [3.8, 4) is 17.2 Å². The van der Waals surface area contributed by atoms with Crippen LogP contribution in [0.4, 0.5) is 5.69 Å². The number of amides is 1. The molecule has 0 aliphatic heterocycles. The molecule has 0 radical (unpaired) electrons. The summed E-state index contributed by atoms with van der Waals surface area (Å²) in [5.41, 5.74) is 1.88. The number of anilines is 1. The number of carbonyl (C=O) groups excluding carboxylic acids is 1. The van der Waals surface area contributed by atoms with Gasteiger partial charge in [0.1, 0.15) is 5.75 Å². The van der Waals surface area contributed by atoms with Gasteiger partial charge in [0.05, 0.1) is 13.7 Å². The first-order valence-corrected chi connectivity index (χ1v) is 9.07. The van der Waals surface area contributed by atoms with Crippen LogP contribution in [-0.2, 0) is 11.2 Å². The predicted octanol–water partition coefficient (Wildman–Crippen LogP) is 4.33. The van der Waals surface area contributed by atoms with Crippen LogP contribution in [0.25, 0.3) is 0 Å². The fraction of sp³-hybridized carbons (Fsp3) is 0.174. The van der Waals surface area contributed by atoms with Gasteiger partial charge in [0.15, 0.2) is 18.1 Å². The quantitative estimate of drug-likeness (QED) is 0.603. The van der Waals surface area contributed by atoms with Gasteiger partial charge in [-0.05, 0) is 29.8 Å². The molecule has 0 bridgehead atoms. The van der Waals surface area contributed by atoms with E-state index >= 15 is 0 Å². The molecule has 0 spiro atoms. The Kier molecular flexibility index (Phi) is 6.90. The van der Waals surface area contributed by atoms with Crippen LogP contribution in [0, 0.1) is 0 Å². The summed E-state index contributed by atoms with van der Waals surface area (Å²) in [7, 11) is 1.56. The van der Waals surface area contributed by atoms with Gasteiger partial charge >= 0.3 is 0 Å². The Morgan fingerprint density at radius 2 is 1.61 bits per heavy atom. The van der Waals surface area contributed by atoms with Crippen molar-refractivity contribution in [3.63, 3.8) is 0 Å². The van der Waals surface area contributed by atoms with E-state index in [0.29, 0.717) is 29.5 Å². The lowest BCUT2D eigenvalue weighted by atomic mass is 10.2. The van der Waals surface area contributed by atoms with Crippen molar-refractivity contribution in [3.05, 3.63) is 84.4 Å². The lowest BCUT2D eigenvalue weighted by Crippen LogP contribution is -2.20. The number of benzene rings is 3. The molecule has 1 N–H and O–H groups in total. The molecule has 0 aliphatic rings. The van der Waals surface area contributed by atoms with Crippen LogP contribution in [0.3, 0.4) is 0 Å². The molecule has 0 unspecified atom stereocenters. The van der Waals surface area contributed by atoms with Crippen LogP contribution in [0.5, 0.6) is 17.2 Å². The summed E-state index contributed by atoms with van der Waals surface area (Å²) < 4.78 is 16.5. The molecule has 5 nitrogen and oxygen atoms in total. The molecule has 1 amide bonds. The number of methoxy groups -OCH3 is 1. The van der Waals surface area contributed by atoms with E-state index in [1.54, 1.807) is 25.3 Å². The highest BCUT2D eigenvalue weighted by atomic mass is 16.5. The van der Waals surface area contributed by atoms with Crippen molar-refractivity contribution in [1.29, 1.82) is 0 Å². The number of para-hydroxylation sites is 2. The molecule has 0 heterocycles. The molecule has 3 aromatic rings. The zero-order valence-electron chi connectivity index (χ0n) is 15.8. The first kappa shape index (κ1) is 19.3. The summed E-state index contributed by atoms with van der Waals surface area (Å²) in [5.74, 6) is 1.56. The molecule has 0 fully saturated rings. The lowest BCUT2D eigenvalue weighted by Gasteiger charge is -2.11. The van der Waals surface area contributed by atoms with E-state index in [1.807, 2.05) is 48.5 Å². The summed E-state index contributed by atoms with van der Waals surface area (Å²) in [6.45, 7) is 0.456. The molecule has 144 valence electrons. The monoisotopic (exact) mass is 377 g/mol. The number of rotatable bonds is 9. The summed E-state index contributed by atoms with van der Waals surface area (Å²) in [5, 5.41) is 2.81. The zero-order valence-corrected chi connectivity index (χ0v) is 15.8. The maximum absolute atomic E-state index is 12.2. The molecule has 3 aromatic carbocycles. The Morgan fingerprint density at radius 3 is 2.39 bits per heavy atom. The highest BCUT2D eigenvalue weighted by Crippen LogP contribution is 2.25. The summed E-state index contributed by atoms with van der Waals surface area (Å²) in [4.78, 5) is 12.2. The molecule has 0 saturated carbocycles. The average Bonchev–Trinajstić information content (AvgIpc) is 2.73. The minimum absolute atomic E-state index is 0.112. The third kappa shape index (κ3) is 5.77. The van der Waals surface area contributed by atoms with Crippen LogP contribution >= 0.6 is 0 Å². The van der Waals surface area contributed by atoms with Gasteiger partial charge in [-0.15, -0.1) is 0 Å². The van der Waals surface area contributed by atoms with E-state index in [9.17, 15) is 4.79 Å². The largest absolute Gasteiger partial charge is 0.493 e. The molecule has 3 rings (SSSR count). The standard InChI is InChI=1S/C23H23NO4/c1-26-21-12-5-6-13-22(21)28-17-23(25)24-19-10-7-11-20(16-19)27-15-14-18-8-3-2-4-9-18/h2-13,16H,14-15,17H2,1H3,(H,24,25). The van der Waals surface area contributed by atoms with E-state index in [2.05, 4.69) is 17.4 Å². The van der Waals surface area contributed by atoms with Crippen molar-refractivity contribution in [2.45, 2.75) is 6.42 Å². The normalized spacial score (nSPS) is 10.2. The first-order chi connectivity index (χ1) is 13.7. The maximum Gasteiger partial charge on any atom is 0.262 e. The van der Waals surface area contributed by atoms with Crippen LogP contribution in [0.15, 0.2) is 78.9 Å². The van der Waals surface area contributed by atoms with Crippen LogP contribution in [-0.4, -0.2) is 26.2 Å². The third-order valence-corrected chi connectivity index (χ3v) is 4.05. The van der Waals surface area contributed by atoms with Gasteiger partial charge in [-0.2, -0.15) is 0 Å². The minimum atomic E-state index is -0.257. The summed E-state index contributed by atoms with van der Waals surface area (Å²) in [6, 6.07) is 24.7. The van der Waals surface area contributed by atoms with E-state index < -0.39 is 0 Å². The van der Waals surface area contributed by atoms with Gasteiger partial charge in [0.25, 0.3) is 5.91 Å². The first-order valence-electron chi connectivity index (χ1n) is 9.07. The third-order valence-electron chi connectivity index (χ3n) is 4.05. The fourth-order valence-corrected chi connectivity index (χ4v) is 2.67. The van der Waals surface area contributed by atoms with Gasteiger partial charge in [0.2, 0.25) is 0 Å². The Labute approximate surface area is 164 Å². The molecular weight excluding hydrogens is 354 g/mol. The maximum atomic E-state index is 12.2. The van der Waals surface area contributed by atoms with Crippen molar-refractivity contribution < 1.29 is 19.0 Å². The smallest absolute Gasteiger partial charge is 0.262 e. The van der Waals surface area contributed by atoms with Gasteiger partial charge in [-0.25, -0.2) is 0 Å². The Hall–Kier alpha value is -3.47. The zero-order chi connectivity index (χ0) is 19.6.